The lowest BCUT2D eigenvalue weighted by molar-refractivity contribution is -0.0521. The minimum absolute atomic E-state index is 0.164. The Kier molecular flexibility index (Phi) is 7.18. The average molecular weight is 462 g/mol. The minimum Gasteiger partial charge on any atom is -0.432 e. The highest BCUT2D eigenvalue weighted by molar-refractivity contribution is 5.89. The summed E-state index contributed by atoms with van der Waals surface area (Å²) in [4.78, 5) is 0. The number of aryl methyl sites for hydroxylation is 1. The van der Waals surface area contributed by atoms with Crippen LogP contribution in [0.4, 0.5) is 17.6 Å². The number of benzene rings is 4. The summed E-state index contributed by atoms with van der Waals surface area (Å²) in [6.07, 6.45) is 3.38. The Balaban J connectivity index is 1.58. The molecular weight excluding hydrogens is 440 g/mol. The summed E-state index contributed by atoms with van der Waals surface area (Å²) in [5.41, 5.74) is 3.33. The van der Waals surface area contributed by atoms with Gasteiger partial charge >= 0.3 is 6.61 Å². The third-order valence-corrected chi connectivity index (χ3v) is 5.54. The number of hydrogen-bond donors (Lipinski definition) is 0. The number of rotatable bonds is 6. The fourth-order valence-electron chi connectivity index (χ4n) is 3.73. The molecule has 34 heavy (non-hydrogen) atoms. The molecule has 4 rings (SSSR count). The minimum atomic E-state index is -3.14. The van der Waals surface area contributed by atoms with Gasteiger partial charge in [-0.2, -0.15) is 8.78 Å². The van der Waals surface area contributed by atoms with Gasteiger partial charge in [0, 0.05) is 22.1 Å². The second-order valence-corrected chi connectivity index (χ2v) is 7.94. The second-order valence-electron chi connectivity index (χ2n) is 7.94. The van der Waals surface area contributed by atoms with Gasteiger partial charge in [-0.15, -0.1) is 0 Å². The first-order valence-electron chi connectivity index (χ1n) is 11.0. The van der Waals surface area contributed by atoms with Gasteiger partial charge in [-0.25, -0.2) is 8.78 Å². The van der Waals surface area contributed by atoms with Crippen molar-refractivity contribution in [1.82, 2.24) is 0 Å². The van der Waals surface area contributed by atoms with Crippen molar-refractivity contribution in [2.45, 2.75) is 32.8 Å². The summed E-state index contributed by atoms with van der Waals surface area (Å²) in [5.74, 6) is 4.15. The van der Waals surface area contributed by atoms with Gasteiger partial charge < -0.3 is 4.74 Å². The zero-order valence-electron chi connectivity index (χ0n) is 18.5. The van der Waals surface area contributed by atoms with Crippen LogP contribution in [-0.2, 0) is 6.42 Å². The summed E-state index contributed by atoms with van der Waals surface area (Å²) in [6, 6.07) is 20.0. The summed E-state index contributed by atoms with van der Waals surface area (Å²) in [5, 5.41) is 1.01. The van der Waals surface area contributed by atoms with E-state index in [0.717, 1.165) is 42.5 Å². The maximum Gasteiger partial charge on any atom is 0.387 e. The van der Waals surface area contributed by atoms with E-state index in [1.807, 2.05) is 12.1 Å². The second kappa shape index (κ2) is 10.4. The molecule has 0 N–H and O–H groups in total. The van der Waals surface area contributed by atoms with Crippen LogP contribution < -0.4 is 4.74 Å². The van der Waals surface area contributed by atoms with Crippen molar-refractivity contribution in [3.63, 3.8) is 0 Å². The van der Waals surface area contributed by atoms with Crippen molar-refractivity contribution in [2.75, 3.05) is 0 Å². The van der Waals surface area contributed by atoms with Gasteiger partial charge in [-0.05, 0) is 65.8 Å². The number of fused-ring (bicyclic) bond motifs is 1. The normalized spacial score (nSPS) is 10.9. The zero-order chi connectivity index (χ0) is 24.1. The van der Waals surface area contributed by atoms with Crippen molar-refractivity contribution in [2.24, 2.45) is 0 Å². The zero-order valence-corrected chi connectivity index (χ0v) is 18.5. The molecule has 0 bridgehead atoms. The van der Waals surface area contributed by atoms with E-state index in [-0.39, 0.29) is 11.1 Å². The Bertz CT molecular complexity index is 1370. The van der Waals surface area contributed by atoms with Crippen LogP contribution in [0, 0.1) is 23.5 Å². The predicted octanol–water partition coefficient (Wildman–Crippen LogP) is 8.13. The topological polar surface area (TPSA) is 9.23 Å². The molecule has 0 saturated heterocycles. The van der Waals surface area contributed by atoms with E-state index in [2.05, 4.69) is 35.6 Å². The monoisotopic (exact) mass is 462 g/mol. The molecule has 0 aliphatic heterocycles. The summed E-state index contributed by atoms with van der Waals surface area (Å²) in [7, 11) is 0. The lowest BCUT2D eigenvalue weighted by Gasteiger charge is -2.10. The van der Waals surface area contributed by atoms with E-state index >= 15 is 4.39 Å². The van der Waals surface area contributed by atoms with Crippen LogP contribution in [0.5, 0.6) is 5.75 Å². The number of halogens is 4. The van der Waals surface area contributed by atoms with Crippen LogP contribution in [-0.4, -0.2) is 6.61 Å². The third-order valence-electron chi connectivity index (χ3n) is 5.54. The highest BCUT2D eigenvalue weighted by Gasteiger charge is 2.14. The molecule has 0 aromatic heterocycles. The van der Waals surface area contributed by atoms with E-state index in [1.165, 1.54) is 17.7 Å². The lowest BCUT2D eigenvalue weighted by atomic mass is 9.98. The van der Waals surface area contributed by atoms with Crippen LogP contribution >= 0.6 is 0 Å². The molecule has 4 aromatic carbocycles. The first-order chi connectivity index (χ1) is 16.4. The number of ether oxygens (including phenoxy) is 1. The lowest BCUT2D eigenvalue weighted by Crippen LogP contribution is -2.03. The maximum absolute atomic E-state index is 15.2. The molecule has 0 heterocycles. The van der Waals surface area contributed by atoms with Gasteiger partial charge in [-0.1, -0.05) is 61.6 Å². The molecule has 0 unspecified atom stereocenters. The van der Waals surface area contributed by atoms with Gasteiger partial charge in [0.05, 0.1) is 0 Å². The molecule has 0 saturated carbocycles. The van der Waals surface area contributed by atoms with Crippen molar-refractivity contribution < 1.29 is 22.3 Å². The fraction of sp³-hybridized carbons (Fsp3) is 0.172. The van der Waals surface area contributed by atoms with Gasteiger partial charge in [0.2, 0.25) is 0 Å². The van der Waals surface area contributed by atoms with Gasteiger partial charge in [0.15, 0.2) is 11.6 Å². The molecule has 0 spiro atoms. The number of alkyl halides is 2. The molecule has 0 atom stereocenters. The Morgan fingerprint density at radius 2 is 1.56 bits per heavy atom. The van der Waals surface area contributed by atoms with E-state index in [1.54, 1.807) is 24.3 Å². The van der Waals surface area contributed by atoms with Crippen LogP contribution in [0.25, 0.3) is 21.9 Å². The molecule has 4 aromatic rings. The van der Waals surface area contributed by atoms with Crippen molar-refractivity contribution >= 4 is 10.8 Å². The molecule has 0 aliphatic rings. The SMILES string of the molecule is CCCCc1ccc(C#Cc2ccc3c(F)c(-c4ccc(OC(F)F)c(F)c4)ccc3c2)cc1. The predicted molar refractivity (Wildman–Crippen MR) is 127 cm³/mol. The van der Waals surface area contributed by atoms with Gasteiger partial charge in [0.25, 0.3) is 0 Å². The molecule has 0 radical (unpaired) electrons. The van der Waals surface area contributed by atoms with Crippen LogP contribution in [0.1, 0.15) is 36.5 Å². The molecule has 0 fully saturated rings. The third kappa shape index (κ3) is 5.40. The van der Waals surface area contributed by atoms with Crippen LogP contribution in [0.2, 0.25) is 0 Å². The molecule has 5 heteroatoms. The molecule has 1 nitrogen and oxygen atoms in total. The van der Waals surface area contributed by atoms with E-state index in [9.17, 15) is 13.2 Å². The molecular formula is C29H22F4O. The smallest absolute Gasteiger partial charge is 0.387 e. The first-order valence-corrected chi connectivity index (χ1v) is 11.0. The Morgan fingerprint density at radius 1 is 0.824 bits per heavy atom. The summed E-state index contributed by atoms with van der Waals surface area (Å²) >= 11 is 0. The average Bonchev–Trinajstić information content (AvgIpc) is 2.83. The van der Waals surface area contributed by atoms with Crippen LogP contribution in [0.15, 0.2) is 72.8 Å². The van der Waals surface area contributed by atoms with Gasteiger partial charge in [-0.3, -0.25) is 0 Å². The summed E-state index contributed by atoms with van der Waals surface area (Å²) in [6.45, 7) is -0.971. The number of hydrogen-bond acceptors (Lipinski definition) is 1. The first kappa shape index (κ1) is 23.4. The van der Waals surface area contributed by atoms with Crippen molar-refractivity contribution in [3.8, 4) is 28.7 Å². The largest absolute Gasteiger partial charge is 0.432 e. The van der Waals surface area contributed by atoms with Crippen molar-refractivity contribution in [3.05, 3.63) is 101 Å². The van der Waals surface area contributed by atoms with Gasteiger partial charge in [0.1, 0.15) is 5.82 Å². The number of unbranched alkanes of at least 4 members (excludes halogenated alkanes) is 1. The van der Waals surface area contributed by atoms with Crippen LogP contribution in [0.3, 0.4) is 0 Å². The molecule has 0 amide bonds. The summed E-state index contributed by atoms with van der Waals surface area (Å²) < 4.78 is 58.1. The maximum atomic E-state index is 15.2. The Labute approximate surface area is 196 Å². The Hall–Kier alpha value is -3.78. The van der Waals surface area contributed by atoms with E-state index < -0.39 is 24.0 Å². The van der Waals surface area contributed by atoms with E-state index in [0.29, 0.717) is 10.8 Å². The van der Waals surface area contributed by atoms with Crippen molar-refractivity contribution in [1.29, 1.82) is 0 Å². The van der Waals surface area contributed by atoms with E-state index in [4.69, 9.17) is 0 Å². The quantitative estimate of drug-likeness (QED) is 0.208. The molecule has 172 valence electrons. The highest BCUT2D eigenvalue weighted by Crippen LogP contribution is 2.32. The highest BCUT2D eigenvalue weighted by atomic mass is 19.3. The Morgan fingerprint density at radius 3 is 2.26 bits per heavy atom. The standard InChI is InChI=1S/C29H22F4O/c1-2-3-4-19-5-7-20(8-6-19)9-10-21-11-14-24-22(17-21)12-15-25(28(24)31)23-13-16-27(26(30)18-23)34-29(32)33/h5-8,11-18,29H,2-4H2,1H3. The molecule has 0 aliphatic carbocycles. The fourth-order valence-corrected chi connectivity index (χ4v) is 3.73.